The molecule has 2 nitrogen and oxygen atoms in total. The second kappa shape index (κ2) is 9.83. The minimum atomic E-state index is 0.201. The van der Waals surface area contributed by atoms with E-state index in [2.05, 4.69) is 0 Å². The lowest BCUT2D eigenvalue weighted by atomic mass is 10.1. The summed E-state index contributed by atoms with van der Waals surface area (Å²) in [6, 6.07) is 13.6. The first-order chi connectivity index (χ1) is 11.5. The molecule has 128 valence electrons. The molecule has 0 saturated carbocycles. The van der Waals surface area contributed by atoms with Crippen LogP contribution in [0.5, 0.6) is 11.5 Å². The smallest absolute Gasteiger partial charge is 0.122 e. The Morgan fingerprint density at radius 2 is 1.79 bits per heavy atom. The van der Waals surface area contributed by atoms with Crippen LogP contribution in [0.3, 0.4) is 0 Å². The van der Waals surface area contributed by atoms with E-state index in [-0.39, 0.29) is 4.49 Å². The number of benzene rings is 2. The minimum Gasteiger partial charge on any atom is -0.493 e. The first-order valence-electron chi connectivity index (χ1n) is 7.66. The van der Waals surface area contributed by atoms with Gasteiger partial charge in [-0.05, 0) is 67.3 Å². The average molecular weight is 386 g/mol. The standard InChI is InChI=1S/C19H19Cl3O2/c1-14-13-17(23-12-10-19(21)22)8-9-18(14)24-11-2-3-15-4-6-16(20)7-5-15/h4-10,13H,2-3,11-12H2,1H3. The summed E-state index contributed by atoms with van der Waals surface area (Å²) in [5.41, 5.74) is 2.29. The van der Waals surface area contributed by atoms with Gasteiger partial charge in [0.1, 0.15) is 22.6 Å². The van der Waals surface area contributed by atoms with Crippen LogP contribution in [-0.4, -0.2) is 13.2 Å². The van der Waals surface area contributed by atoms with Gasteiger partial charge in [0.2, 0.25) is 0 Å². The number of aryl methyl sites for hydroxylation is 2. The molecule has 0 atom stereocenters. The van der Waals surface area contributed by atoms with E-state index in [4.69, 9.17) is 44.3 Å². The Balaban J connectivity index is 1.78. The highest BCUT2D eigenvalue weighted by atomic mass is 35.5. The highest BCUT2D eigenvalue weighted by Crippen LogP contribution is 2.24. The molecule has 0 unspecified atom stereocenters. The fraction of sp³-hybridized carbons (Fsp3) is 0.263. The summed E-state index contributed by atoms with van der Waals surface area (Å²) < 4.78 is 11.6. The summed E-state index contributed by atoms with van der Waals surface area (Å²) >= 11 is 17.0. The molecule has 2 aromatic rings. The molecule has 24 heavy (non-hydrogen) atoms. The summed E-state index contributed by atoms with van der Waals surface area (Å²) in [4.78, 5) is 0. The molecule has 0 aliphatic heterocycles. The van der Waals surface area contributed by atoms with Crippen molar-refractivity contribution in [2.75, 3.05) is 13.2 Å². The second-order valence-corrected chi connectivity index (χ2v) is 6.75. The van der Waals surface area contributed by atoms with Gasteiger partial charge in [0.05, 0.1) is 6.61 Å². The molecular weight excluding hydrogens is 367 g/mol. The van der Waals surface area contributed by atoms with Crippen LogP contribution in [0, 0.1) is 6.92 Å². The fourth-order valence-electron chi connectivity index (χ4n) is 2.18. The van der Waals surface area contributed by atoms with E-state index in [0.29, 0.717) is 13.2 Å². The topological polar surface area (TPSA) is 18.5 Å². The van der Waals surface area contributed by atoms with E-state index >= 15 is 0 Å². The van der Waals surface area contributed by atoms with Crippen molar-refractivity contribution in [1.82, 2.24) is 0 Å². The highest BCUT2D eigenvalue weighted by Gasteiger charge is 2.02. The Morgan fingerprint density at radius 3 is 2.46 bits per heavy atom. The third kappa shape index (κ3) is 6.64. The molecule has 0 amide bonds. The maximum Gasteiger partial charge on any atom is 0.122 e. The van der Waals surface area contributed by atoms with Crippen LogP contribution < -0.4 is 9.47 Å². The summed E-state index contributed by atoms with van der Waals surface area (Å²) in [5.74, 6) is 1.62. The van der Waals surface area contributed by atoms with Crippen LogP contribution >= 0.6 is 34.8 Å². The number of ether oxygens (including phenoxy) is 2. The lowest BCUT2D eigenvalue weighted by Crippen LogP contribution is -2.01. The largest absolute Gasteiger partial charge is 0.493 e. The molecule has 0 radical (unpaired) electrons. The van der Waals surface area contributed by atoms with Crippen molar-refractivity contribution in [1.29, 1.82) is 0 Å². The van der Waals surface area contributed by atoms with Gasteiger partial charge in [-0.2, -0.15) is 0 Å². The van der Waals surface area contributed by atoms with Gasteiger partial charge in [-0.15, -0.1) is 0 Å². The summed E-state index contributed by atoms with van der Waals surface area (Å²) in [7, 11) is 0. The molecule has 0 bridgehead atoms. The van der Waals surface area contributed by atoms with Gasteiger partial charge in [-0.3, -0.25) is 0 Å². The Hall–Kier alpha value is -1.35. The zero-order chi connectivity index (χ0) is 17.4. The Morgan fingerprint density at radius 1 is 1.04 bits per heavy atom. The minimum absolute atomic E-state index is 0.201. The number of halogens is 3. The van der Waals surface area contributed by atoms with Crippen molar-refractivity contribution in [2.24, 2.45) is 0 Å². The van der Waals surface area contributed by atoms with Crippen molar-refractivity contribution in [2.45, 2.75) is 19.8 Å². The van der Waals surface area contributed by atoms with Crippen molar-refractivity contribution in [3.63, 3.8) is 0 Å². The van der Waals surface area contributed by atoms with Gasteiger partial charge in [0.25, 0.3) is 0 Å². The van der Waals surface area contributed by atoms with E-state index in [1.54, 1.807) is 6.08 Å². The zero-order valence-electron chi connectivity index (χ0n) is 13.4. The van der Waals surface area contributed by atoms with E-state index < -0.39 is 0 Å². The quantitative estimate of drug-likeness (QED) is 0.492. The SMILES string of the molecule is Cc1cc(OCC=C(Cl)Cl)ccc1OCCCc1ccc(Cl)cc1. The van der Waals surface area contributed by atoms with Crippen molar-refractivity contribution >= 4 is 34.8 Å². The van der Waals surface area contributed by atoms with Gasteiger partial charge in [0.15, 0.2) is 0 Å². The normalized spacial score (nSPS) is 10.3. The van der Waals surface area contributed by atoms with Gasteiger partial charge < -0.3 is 9.47 Å². The van der Waals surface area contributed by atoms with Crippen molar-refractivity contribution in [3.8, 4) is 11.5 Å². The lowest BCUT2D eigenvalue weighted by molar-refractivity contribution is 0.307. The summed E-state index contributed by atoms with van der Waals surface area (Å²) in [6.07, 6.45) is 3.50. The predicted octanol–water partition coefficient (Wildman–Crippen LogP) is 6.36. The molecule has 0 saturated heterocycles. The zero-order valence-corrected chi connectivity index (χ0v) is 15.7. The van der Waals surface area contributed by atoms with Gasteiger partial charge in [-0.25, -0.2) is 0 Å². The van der Waals surface area contributed by atoms with E-state index in [9.17, 15) is 0 Å². The monoisotopic (exact) mass is 384 g/mol. The predicted molar refractivity (Wildman–Crippen MR) is 102 cm³/mol. The first kappa shape index (κ1) is 19.0. The molecule has 0 aliphatic carbocycles. The Labute approximate surface area is 157 Å². The average Bonchev–Trinajstić information content (AvgIpc) is 2.54. The molecule has 2 aromatic carbocycles. The van der Waals surface area contributed by atoms with E-state index in [0.717, 1.165) is 34.9 Å². The van der Waals surface area contributed by atoms with Crippen LogP contribution in [0.15, 0.2) is 53.0 Å². The van der Waals surface area contributed by atoms with Crippen LogP contribution in [0.25, 0.3) is 0 Å². The van der Waals surface area contributed by atoms with Crippen molar-refractivity contribution < 1.29 is 9.47 Å². The lowest BCUT2D eigenvalue weighted by Gasteiger charge is -2.11. The van der Waals surface area contributed by atoms with Crippen LogP contribution in [0.1, 0.15) is 17.5 Å². The number of hydrogen-bond acceptors (Lipinski definition) is 2. The van der Waals surface area contributed by atoms with Crippen molar-refractivity contribution in [3.05, 3.63) is 69.2 Å². The molecule has 5 heteroatoms. The van der Waals surface area contributed by atoms with E-state index in [1.807, 2.05) is 49.4 Å². The second-order valence-electron chi connectivity index (χ2n) is 5.31. The van der Waals surface area contributed by atoms with Crippen LogP contribution in [0.2, 0.25) is 5.02 Å². The number of rotatable bonds is 8. The molecule has 0 fully saturated rings. The summed E-state index contributed by atoms with van der Waals surface area (Å²) in [6.45, 7) is 2.99. The highest BCUT2D eigenvalue weighted by molar-refractivity contribution is 6.55. The Kier molecular flexibility index (Phi) is 7.77. The molecule has 0 aromatic heterocycles. The van der Waals surface area contributed by atoms with Gasteiger partial charge in [0, 0.05) is 5.02 Å². The third-order valence-electron chi connectivity index (χ3n) is 3.41. The third-order valence-corrected chi connectivity index (χ3v) is 3.98. The maximum atomic E-state index is 5.88. The Bertz CT molecular complexity index is 678. The fourth-order valence-corrected chi connectivity index (χ4v) is 2.44. The first-order valence-corrected chi connectivity index (χ1v) is 8.80. The maximum absolute atomic E-state index is 5.88. The molecule has 0 spiro atoms. The molecule has 2 rings (SSSR count). The van der Waals surface area contributed by atoms with E-state index in [1.165, 1.54) is 5.56 Å². The van der Waals surface area contributed by atoms with Gasteiger partial charge >= 0.3 is 0 Å². The number of hydrogen-bond donors (Lipinski definition) is 0. The summed E-state index contributed by atoms with van der Waals surface area (Å²) in [5, 5.41) is 0.761. The van der Waals surface area contributed by atoms with Crippen LogP contribution in [-0.2, 0) is 6.42 Å². The molecular formula is C19H19Cl3O2. The molecule has 0 N–H and O–H groups in total. The molecule has 0 heterocycles. The molecule has 0 aliphatic rings. The van der Waals surface area contributed by atoms with Gasteiger partial charge in [-0.1, -0.05) is 46.9 Å². The van der Waals surface area contributed by atoms with Crippen LogP contribution in [0.4, 0.5) is 0 Å².